The van der Waals surface area contributed by atoms with E-state index in [4.69, 9.17) is 5.73 Å². The number of aromatic nitrogens is 1. The molecular formula is C19H20N4O2. The number of pyridine rings is 1. The number of carbonyl (C=O) groups is 1. The predicted octanol–water partition coefficient (Wildman–Crippen LogP) is 2.93. The summed E-state index contributed by atoms with van der Waals surface area (Å²) in [5, 5.41) is 14.3. The first-order valence-electron chi connectivity index (χ1n) is 8.03. The minimum atomic E-state index is -0.216. The fraction of sp³-hybridized carbons (Fsp3) is 0.158. The normalized spacial score (nSPS) is 10.6. The molecule has 0 aliphatic heterocycles. The van der Waals surface area contributed by atoms with E-state index in [-0.39, 0.29) is 11.8 Å². The number of hydrogen-bond acceptors (Lipinski definition) is 4. The van der Waals surface area contributed by atoms with E-state index in [1.165, 1.54) is 0 Å². The van der Waals surface area contributed by atoms with Crippen LogP contribution in [0.4, 0.5) is 10.5 Å². The Hall–Kier alpha value is -3.12. The van der Waals surface area contributed by atoms with Crippen molar-refractivity contribution >= 4 is 22.5 Å². The number of aromatic hydroxyl groups is 1. The van der Waals surface area contributed by atoms with Gasteiger partial charge in [0.25, 0.3) is 0 Å². The van der Waals surface area contributed by atoms with Crippen LogP contribution in [0, 0.1) is 0 Å². The molecule has 0 saturated carbocycles. The highest BCUT2D eigenvalue weighted by atomic mass is 16.3. The Kier molecular flexibility index (Phi) is 5.11. The van der Waals surface area contributed by atoms with Gasteiger partial charge in [0.15, 0.2) is 0 Å². The van der Waals surface area contributed by atoms with Gasteiger partial charge in [-0.15, -0.1) is 0 Å². The smallest absolute Gasteiger partial charge is 0.322 e. The fourth-order valence-electron chi connectivity index (χ4n) is 2.59. The molecule has 0 bridgehead atoms. The maximum absolute atomic E-state index is 12.6. The Balaban J connectivity index is 1.73. The van der Waals surface area contributed by atoms with E-state index in [9.17, 15) is 9.90 Å². The highest BCUT2D eigenvalue weighted by Gasteiger charge is 2.13. The van der Waals surface area contributed by atoms with Crippen molar-refractivity contribution in [1.82, 2.24) is 9.88 Å². The van der Waals surface area contributed by atoms with Gasteiger partial charge in [0.2, 0.25) is 0 Å². The van der Waals surface area contributed by atoms with Crippen molar-refractivity contribution in [2.24, 2.45) is 5.73 Å². The standard InChI is InChI=1S/C19H20N4O2/c20-8-10-23(13-14-1-5-18(24)6-2-14)19(25)22-17-4-3-16-12-21-9-7-15(16)11-17/h1-7,9,11-12,24H,8,10,13,20H2,(H,22,25). The number of rotatable bonds is 5. The molecule has 0 atom stereocenters. The molecule has 6 heteroatoms. The number of carbonyl (C=O) groups excluding carboxylic acids is 1. The molecule has 3 rings (SSSR count). The van der Waals surface area contributed by atoms with Crippen LogP contribution in [-0.4, -0.2) is 34.1 Å². The van der Waals surface area contributed by atoms with E-state index in [1.807, 2.05) is 24.3 Å². The summed E-state index contributed by atoms with van der Waals surface area (Å²) in [6, 6.07) is 14.1. The largest absolute Gasteiger partial charge is 0.508 e. The van der Waals surface area contributed by atoms with Gasteiger partial charge >= 0.3 is 6.03 Å². The zero-order valence-corrected chi connectivity index (χ0v) is 13.7. The van der Waals surface area contributed by atoms with Gasteiger partial charge in [0.1, 0.15) is 5.75 Å². The summed E-state index contributed by atoms with van der Waals surface area (Å²) in [5.41, 5.74) is 7.29. The molecular weight excluding hydrogens is 316 g/mol. The third-order valence-electron chi connectivity index (χ3n) is 3.89. The van der Waals surface area contributed by atoms with Gasteiger partial charge in [0.05, 0.1) is 0 Å². The van der Waals surface area contributed by atoms with Crippen LogP contribution in [0.3, 0.4) is 0 Å². The second-order valence-corrected chi connectivity index (χ2v) is 5.74. The second kappa shape index (κ2) is 7.63. The molecule has 1 heterocycles. The van der Waals surface area contributed by atoms with Crippen LogP contribution < -0.4 is 11.1 Å². The lowest BCUT2D eigenvalue weighted by atomic mass is 10.1. The van der Waals surface area contributed by atoms with Crippen LogP contribution in [0.2, 0.25) is 0 Å². The monoisotopic (exact) mass is 336 g/mol. The van der Waals surface area contributed by atoms with Crippen molar-refractivity contribution in [2.75, 3.05) is 18.4 Å². The first-order chi connectivity index (χ1) is 12.2. The van der Waals surface area contributed by atoms with E-state index in [2.05, 4.69) is 10.3 Å². The quantitative estimate of drug-likeness (QED) is 0.668. The predicted molar refractivity (Wildman–Crippen MR) is 98.3 cm³/mol. The number of nitrogens with zero attached hydrogens (tertiary/aromatic N) is 2. The Morgan fingerprint density at radius 1 is 1.12 bits per heavy atom. The first kappa shape index (κ1) is 16.7. The lowest BCUT2D eigenvalue weighted by molar-refractivity contribution is 0.210. The lowest BCUT2D eigenvalue weighted by Crippen LogP contribution is -2.38. The molecule has 2 amide bonds. The summed E-state index contributed by atoms with van der Waals surface area (Å²) >= 11 is 0. The minimum absolute atomic E-state index is 0.198. The maximum atomic E-state index is 12.6. The summed E-state index contributed by atoms with van der Waals surface area (Å²) in [6.07, 6.45) is 3.51. The highest BCUT2D eigenvalue weighted by Crippen LogP contribution is 2.19. The number of hydrogen-bond donors (Lipinski definition) is 3. The summed E-state index contributed by atoms with van der Waals surface area (Å²) < 4.78 is 0. The number of benzene rings is 2. The molecule has 1 aromatic heterocycles. The van der Waals surface area contributed by atoms with E-state index >= 15 is 0 Å². The molecule has 0 fully saturated rings. The molecule has 128 valence electrons. The average molecular weight is 336 g/mol. The van der Waals surface area contributed by atoms with Gasteiger partial charge in [-0.1, -0.05) is 18.2 Å². The number of amides is 2. The molecule has 4 N–H and O–H groups in total. The molecule has 3 aromatic rings. The molecule has 0 saturated heterocycles. The van der Waals surface area contributed by atoms with Crippen molar-refractivity contribution < 1.29 is 9.90 Å². The number of urea groups is 1. The van der Waals surface area contributed by atoms with Crippen LogP contribution in [0.1, 0.15) is 5.56 Å². The van der Waals surface area contributed by atoms with Crippen LogP contribution in [0.15, 0.2) is 60.9 Å². The summed E-state index contributed by atoms with van der Waals surface area (Å²) in [5.74, 6) is 0.198. The molecule has 0 unspecified atom stereocenters. The molecule has 25 heavy (non-hydrogen) atoms. The summed E-state index contributed by atoms with van der Waals surface area (Å²) in [4.78, 5) is 18.3. The topological polar surface area (TPSA) is 91.5 Å². The molecule has 0 spiro atoms. The van der Waals surface area contributed by atoms with Crippen LogP contribution in [0.25, 0.3) is 10.8 Å². The molecule has 2 aromatic carbocycles. The number of phenols is 1. The first-order valence-corrected chi connectivity index (χ1v) is 8.03. The van der Waals surface area contributed by atoms with E-state index in [0.717, 1.165) is 22.0 Å². The van der Waals surface area contributed by atoms with Crippen molar-refractivity contribution in [3.8, 4) is 5.75 Å². The van der Waals surface area contributed by atoms with Crippen LogP contribution in [0.5, 0.6) is 5.75 Å². The third-order valence-corrected chi connectivity index (χ3v) is 3.89. The van der Waals surface area contributed by atoms with Gasteiger partial charge in [-0.05, 0) is 41.3 Å². The zero-order valence-electron chi connectivity index (χ0n) is 13.7. The number of fused-ring (bicyclic) bond motifs is 1. The van der Waals surface area contributed by atoms with E-state index in [1.54, 1.807) is 41.6 Å². The van der Waals surface area contributed by atoms with Gasteiger partial charge in [-0.25, -0.2) is 4.79 Å². The highest BCUT2D eigenvalue weighted by molar-refractivity contribution is 5.93. The van der Waals surface area contributed by atoms with E-state index < -0.39 is 0 Å². The minimum Gasteiger partial charge on any atom is -0.508 e. The van der Waals surface area contributed by atoms with Gasteiger partial charge in [-0.3, -0.25) is 4.98 Å². The average Bonchev–Trinajstić information content (AvgIpc) is 2.63. The van der Waals surface area contributed by atoms with Crippen LogP contribution >= 0.6 is 0 Å². The number of phenolic OH excluding ortho intramolecular Hbond substituents is 1. The Labute approximate surface area is 145 Å². The summed E-state index contributed by atoms with van der Waals surface area (Å²) in [6.45, 7) is 1.22. The van der Waals surface area contributed by atoms with Gasteiger partial charge < -0.3 is 21.1 Å². The SMILES string of the molecule is NCCN(Cc1ccc(O)cc1)C(=O)Nc1ccc2cnccc2c1. The number of anilines is 1. The Bertz CT molecular complexity index is 865. The Morgan fingerprint density at radius 3 is 2.68 bits per heavy atom. The molecule has 0 radical (unpaired) electrons. The zero-order chi connectivity index (χ0) is 17.6. The number of nitrogens with two attached hydrogens (primary N) is 1. The van der Waals surface area contributed by atoms with Crippen LogP contribution in [-0.2, 0) is 6.54 Å². The lowest BCUT2D eigenvalue weighted by Gasteiger charge is -2.22. The summed E-state index contributed by atoms with van der Waals surface area (Å²) in [7, 11) is 0. The van der Waals surface area contributed by atoms with E-state index in [0.29, 0.717) is 19.6 Å². The van der Waals surface area contributed by atoms with Gasteiger partial charge in [0, 0.05) is 43.1 Å². The maximum Gasteiger partial charge on any atom is 0.322 e. The number of nitrogens with one attached hydrogen (secondary N) is 1. The van der Waals surface area contributed by atoms with Crippen molar-refractivity contribution in [1.29, 1.82) is 0 Å². The van der Waals surface area contributed by atoms with Crippen molar-refractivity contribution in [2.45, 2.75) is 6.54 Å². The fourth-order valence-corrected chi connectivity index (χ4v) is 2.59. The Morgan fingerprint density at radius 2 is 1.92 bits per heavy atom. The third kappa shape index (κ3) is 4.24. The molecule has 6 nitrogen and oxygen atoms in total. The van der Waals surface area contributed by atoms with Crippen molar-refractivity contribution in [3.63, 3.8) is 0 Å². The van der Waals surface area contributed by atoms with Crippen molar-refractivity contribution in [3.05, 3.63) is 66.5 Å². The molecule has 0 aliphatic rings. The second-order valence-electron chi connectivity index (χ2n) is 5.74. The molecule has 0 aliphatic carbocycles. The van der Waals surface area contributed by atoms with Gasteiger partial charge in [-0.2, -0.15) is 0 Å².